The van der Waals surface area contributed by atoms with Crippen molar-refractivity contribution in [2.24, 2.45) is 5.92 Å². The second-order valence-corrected chi connectivity index (χ2v) is 7.48. The molecule has 1 aromatic heterocycles. The van der Waals surface area contributed by atoms with Gasteiger partial charge in [0.15, 0.2) is 0 Å². The zero-order valence-electron chi connectivity index (χ0n) is 12.3. The molecule has 4 rings (SSSR count). The van der Waals surface area contributed by atoms with Gasteiger partial charge >= 0.3 is 4.87 Å². The smallest absolute Gasteiger partial charge is 0.277 e. The molecule has 0 saturated heterocycles. The molecule has 0 amide bonds. The highest BCUT2D eigenvalue weighted by atomic mass is 35.5. The third-order valence-corrected chi connectivity index (χ3v) is 6.01. The summed E-state index contributed by atoms with van der Waals surface area (Å²) in [5.41, 5.74) is 1.96. The number of hydrogen-bond donors (Lipinski definition) is 0. The first-order valence-corrected chi connectivity index (χ1v) is 8.83. The molecule has 1 aliphatic heterocycles. The number of halogens is 3. The van der Waals surface area contributed by atoms with Crippen LogP contribution in [0.3, 0.4) is 0 Å². The van der Waals surface area contributed by atoms with Crippen LogP contribution in [-0.2, 0) is 6.42 Å². The van der Waals surface area contributed by atoms with Gasteiger partial charge in [0.25, 0.3) is 0 Å². The third-order valence-electron chi connectivity index (χ3n) is 5.00. The maximum Gasteiger partial charge on any atom is 0.326 e. The maximum absolute atomic E-state index is 13.5. The molecule has 1 atom stereocenters. The second-order valence-electron chi connectivity index (χ2n) is 6.36. The van der Waals surface area contributed by atoms with E-state index in [-0.39, 0.29) is 29.7 Å². The summed E-state index contributed by atoms with van der Waals surface area (Å²) in [7, 11) is 0. The summed E-state index contributed by atoms with van der Waals surface area (Å²) >= 11 is 7.26. The lowest BCUT2D eigenvalue weighted by Gasteiger charge is -2.37. The van der Waals surface area contributed by atoms with Gasteiger partial charge in [-0.3, -0.25) is 9.36 Å². The second kappa shape index (κ2) is 5.38. The summed E-state index contributed by atoms with van der Waals surface area (Å²) in [6.45, 7) is 0. The van der Waals surface area contributed by atoms with E-state index in [0.29, 0.717) is 30.1 Å². The molecule has 1 fully saturated rings. The normalized spacial score (nSPS) is 23.3. The van der Waals surface area contributed by atoms with E-state index in [0.717, 1.165) is 22.7 Å². The quantitative estimate of drug-likeness (QED) is 0.764. The number of hydrogen-bond acceptors (Lipinski definition) is 3. The monoisotopic (exact) mass is 356 g/mol. The van der Waals surface area contributed by atoms with E-state index in [1.54, 1.807) is 4.57 Å². The predicted molar refractivity (Wildman–Crippen MR) is 85.7 cm³/mol. The number of rotatable bonds is 1. The Morgan fingerprint density at radius 1 is 1.30 bits per heavy atom. The average Bonchev–Trinajstić information content (AvgIpc) is 2.88. The van der Waals surface area contributed by atoms with E-state index in [2.05, 4.69) is 4.37 Å². The summed E-state index contributed by atoms with van der Waals surface area (Å²) < 4.78 is 33.0. The molecule has 2 aliphatic rings. The van der Waals surface area contributed by atoms with Crippen LogP contribution in [0.25, 0.3) is 0 Å². The van der Waals surface area contributed by atoms with E-state index in [9.17, 15) is 13.6 Å². The molecule has 1 saturated carbocycles. The van der Waals surface area contributed by atoms with Crippen LogP contribution in [0.4, 0.5) is 8.78 Å². The molecule has 3 nitrogen and oxygen atoms in total. The lowest BCUT2D eigenvalue weighted by atomic mass is 9.77. The molecule has 1 unspecified atom stereocenters. The van der Waals surface area contributed by atoms with Crippen molar-refractivity contribution in [3.05, 3.63) is 49.8 Å². The fourth-order valence-corrected chi connectivity index (χ4v) is 4.75. The lowest BCUT2D eigenvalue weighted by molar-refractivity contribution is -0.0499. The van der Waals surface area contributed by atoms with Gasteiger partial charge in [-0.05, 0) is 36.0 Å². The molecule has 23 heavy (non-hydrogen) atoms. The average molecular weight is 357 g/mol. The number of fused-ring (bicyclic) bond motifs is 2. The molecule has 2 aromatic rings. The van der Waals surface area contributed by atoms with Gasteiger partial charge in [0.2, 0.25) is 5.92 Å². The van der Waals surface area contributed by atoms with Crippen molar-refractivity contribution in [1.82, 2.24) is 8.94 Å². The Morgan fingerprint density at radius 2 is 2.04 bits per heavy atom. The van der Waals surface area contributed by atoms with Gasteiger partial charge in [0.1, 0.15) is 5.82 Å². The van der Waals surface area contributed by atoms with Crippen molar-refractivity contribution in [1.29, 1.82) is 0 Å². The molecule has 7 heteroatoms. The number of alkyl halides is 2. The minimum Gasteiger partial charge on any atom is -0.277 e. The van der Waals surface area contributed by atoms with Gasteiger partial charge in [0.05, 0.1) is 6.04 Å². The van der Waals surface area contributed by atoms with Crippen LogP contribution in [-0.4, -0.2) is 14.9 Å². The van der Waals surface area contributed by atoms with E-state index in [1.165, 1.54) is 0 Å². The van der Waals surface area contributed by atoms with Crippen LogP contribution < -0.4 is 4.87 Å². The molecule has 2 heterocycles. The Bertz CT molecular complexity index is 807. The van der Waals surface area contributed by atoms with Crippen LogP contribution in [0.15, 0.2) is 23.0 Å². The van der Waals surface area contributed by atoms with Crippen molar-refractivity contribution in [2.75, 3.05) is 0 Å². The molecule has 0 N–H and O–H groups in total. The molecule has 1 aromatic carbocycles. The topological polar surface area (TPSA) is 34.9 Å². The first-order chi connectivity index (χ1) is 11.0. The predicted octanol–water partition coefficient (Wildman–Crippen LogP) is 4.28. The van der Waals surface area contributed by atoms with Crippen LogP contribution in [0.1, 0.15) is 48.7 Å². The van der Waals surface area contributed by atoms with Crippen LogP contribution in [0, 0.1) is 5.92 Å². The molecular weight excluding hydrogens is 342 g/mol. The van der Waals surface area contributed by atoms with Gasteiger partial charge in [-0.2, -0.15) is 4.37 Å². The Labute approximate surface area is 141 Å². The SMILES string of the molecule is O=c1snc2n1C(C1CCC(F)(F)CC1)c1cccc(Cl)c1C2. The molecule has 122 valence electrons. The fraction of sp³-hybridized carbons (Fsp3) is 0.500. The van der Waals surface area contributed by atoms with E-state index >= 15 is 0 Å². The van der Waals surface area contributed by atoms with Crippen LogP contribution >= 0.6 is 23.1 Å². The lowest BCUT2D eigenvalue weighted by Crippen LogP contribution is -2.36. The zero-order chi connectivity index (χ0) is 16.2. The zero-order valence-corrected chi connectivity index (χ0v) is 13.8. The van der Waals surface area contributed by atoms with E-state index in [4.69, 9.17) is 11.6 Å². The number of aromatic nitrogens is 2. The highest BCUT2D eigenvalue weighted by molar-refractivity contribution is 7.02. The minimum atomic E-state index is -2.58. The molecule has 0 spiro atoms. The maximum atomic E-state index is 13.5. The van der Waals surface area contributed by atoms with Gasteiger partial charge in [-0.15, -0.1) is 0 Å². The summed E-state index contributed by atoms with van der Waals surface area (Å²) in [6, 6.07) is 5.43. The summed E-state index contributed by atoms with van der Waals surface area (Å²) in [5, 5.41) is 0.653. The van der Waals surface area contributed by atoms with Crippen molar-refractivity contribution in [3.63, 3.8) is 0 Å². The van der Waals surface area contributed by atoms with Gasteiger partial charge < -0.3 is 0 Å². The molecule has 1 aliphatic carbocycles. The summed E-state index contributed by atoms with van der Waals surface area (Å²) in [4.78, 5) is 12.2. The number of benzene rings is 1. The standard InChI is InChI=1S/C16H15ClF2N2OS/c17-12-3-1-2-10-11(12)8-13-20-23-15(22)21(13)14(10)9-4-6-16(18,19)7-5-9/h1-3,9,14H,4-8H2. The summed E-state index contributed by atoms with van der Waals surface area (Å²) in [5.74, 6) is -1.87. The Morgan fingerprint density at radius 3 is 2.78 bits per heavy atom. The van der Waals surface area contributed by atoms with Crippen LogP contribution in [0.2, 0.25) is 5.02 Å². The Kier molecular flexibility index (Phi) is 3.57. The summed E-state index contributed by atoms with van der Waals surface area (Å²) in [6.07, 6.45) is 1.10. The van der Waals surface area contributed by atoms with Gasteiger partial charge in [0, 0.05) is 35.8 Å². The third kappa shape index (κ3) is 2.52. The van der Waals surface area contributed by atoms with Crippen LogP contribution in [0.5, 0.6) is 0 Å². The Hall–Kier alpha value is -1.27. The number of nitrogens with zero attached hydrogens (tertiary/aromatic N) is 2. The van der Waals surface area contributed by atoms with Crippen molar-refractivity contribution in [3.8, 4) is 0 Å². The first-order valence-electron chi connectivity index (χ1n) is 7.68. The van der Waals surface area contributed by atoms with Crippen molar-refractivity contribution >= 4 is 23.1 Å². The minimum absolute atomic E-state index is 0.0139. The molecule has 0 radical (unpaired) electrons. The Balaban J connectivity index is 1.81. The highest BCUT2D eigenvalue weighted by Gasteiger charge is 2.41. The van der Waals surface area contributed by atoms with E-state index < -0.39 is 5.92 Å². The fourth-order valence-electron chi connectivity index (χ4n) is 3.86. The van der Waals surface area contributed by atoms with E-state index in [1.807, 2.05) is 18.2 Å². The van der Waals surface area contributed by atoms with Gasteiger partial charge in [-0.25, -0.2) is 8.78 Å². The first kappa shape index (κ1) is 15.3. The van der Waals surface area contributed by atoms with Crippen molar-refractivity contribution < 1.29 is 8.78 Å². The largest absolute Gasteiger partial charge is 0.326 e. The van der Waals surface area contributed by atoms with Gasteiger partial charge in [-0.1, -0.05) is 23.7 Å². The molecule has 0 bridgehead atoms. The van der Waals surface area contributed by atoms with Crippen molar-refractivity contribution in [2.45, 2.75) is 44.1 Å². The highest BCUT2D eigenvalue weighted by Crippen LogP contribution is 2.46. The molecular formula is C16H15ClF2N2OS.